The summed E-state index contributed by atoms with van der Waals surface area (Å²) in [7, 11) is 0. The van der Waals surface area contributed by atoms with Crippen molar-refractivity contribution in [3.05, 3.63) is 30.3 Å². The van der Waals surface area contributed by atoms with Crippen molar-refractivity contribution in [2.45, 2.75) is 70.4 Å². The Labute approximate surface area is 188 Å². The third-order valence-electron chi connectivity index (χ3n) is 7.08. The molecule has 2 unspecified atom stereocenters. The predicted octanol–water partition coefficient (Wildman–Crippen LogP) is 1.54. The summed E-state index contributed by atoms with van der Waals surface area (Å²) in [5, 5.41) is 16.0. The molecule has 6 atom stereocenters. The average molecular weight is 444 g/mol. The lowest BCUT2D eigenvalue weighted by Crippen LogP contribution is -2.59. The topological polar surface area (TPSA) is 108 Å². The second-order valence-corrected chi connectivity index (χ2v) is 9.81. The zero-order valence-corrected chi connectivity index (χ0v) is 19.1. The maximum atomic E-state index is 13.8. The molecule has 3 saturated heterocycles. The molecule has 4 rings (SSSR count). The van der Waals surface area contributed by atoms with Gasteiger partial charge in [-0.1, -0.05) is 32.0 Å². The van der Waals surface area contributed by atoms with Gasteiger partial charge in [-0.3, -0.25) is 14.4 Å². The van der Waals surface area contributed by atoms with E-state index in [0.29, 0.717) is 18.5 Å². The van der Waals surface area contributed by atoms with Gasteiger partial charge in [0.25, 0.3) is 0 Å². The smallest absolute Gasteiger partial charge is 0.246 e. The molecule has 3 fully saturated rings. The fraction of sp³-hybridized carbons (Fsp3) is 0.625. The number of para-hydroxylation sites is 1. The number of fused-ring (bicyclic) bond motifs is 1. The van der Waals surface area contributed by atoms with Crippen LogP contribution in [0.2, 0.25) is 0 Å². The second kappa shape index (κ2) is 8.48. The summed E-state index contributed by atoms with van der Waals surface area (Å²) < 4.78 is 6.38. The lowest BCUT2D eigenvalue weighted by molar-refractivity contribution is -0.146. The van der Waals surface area contributed by atoms with Crippen LogP contribution >= 0.6 is 0 Å². The van der Waals surface area contributed by atoms with E-state index in [1.54, 1.807) is 12.1 Å². The molecule has 0 aromatic heterocycles. The molecule has 2 bridgehead atoms. The number of aliphatic hydroxyl groups is 1. The van der Waals surface area contributed by atoms with Crippen molar-refractivity contribution in [3.63, 3.8) is 0 Å². The summed E-state index contributed by atoms with van der Waals surface area (Å²) in [6, 6.07) is 7.59. The van der Waals surface area contributed by atoms with E-state index in [9.17, 15) is 19.5 Å². The molecule has 174 valence electrons. The second-order valence-electron chi connectivity index (χ2n) is 9.81. The highest BCUT2D eigenvalue weighted by Gasteiger charge is 2.75. The van der Waals surface area contributed by atoms with Crippen LogP contribution in [0.3, 0.4) is 0 Å². The van der Waals surface area contributed by atoms with Crippen LogP contribution < -0.4 is 10.6 Å². The van der Waals surface area contributed by atoms with Gasteiger partial charge in [-0.2, -0.15) is 0 Å². The highest BCUT2D eigenvalue weighted by atomic mass is 16.5. The minimum absolute atomic E-state index is 0.0673. The number of amides is 3. The van der Waals surface area contributed by atoms with Gasteiger partial charge in [0, 0.05) is 11.7 Å². The Kier molecular flexibility index (Phi) is 6.02. The minimum Gasteiger partial charge on any atom is -0.394 e. The van der Waals surface area contributed by atoms with E-state index in [1.807, 2.05) is 45.9 Å². The number of anilines is 1. The monoisotopic (exact) mass is 443 g/mol. The number of hydrogen-bond acceptors (Lipinski definition) is 5. The van der Waals surface area contributed by atoms with Crippen LogP contribution in [0.5, 0.6) is 0 Å². The van der Waals surface area contributed by atoms with Crippen molar-refractivity contribution in [3.8, 4) is 0 Å². The van der Waals surface area contributed by atoms with Gasteiger partial charge >= 0.3 is 0 Å². The molecule has 3 heterocycles. The molecule has 1 spiro atoms. The summed E-state index contributed by atoms with van der Waals surface area (Å²) >= 11 is 0. The van der Waals surface area contributed by atoms with Crippen molar-refractivity contribution in [2.24, 2.45) is 17.8 Å². The fourth-order valence-electron chi connectivity index (χ4n) is 5.78. The first-order chi connectivity index (χ1) is 15.2. The van der Waals surface area contributed by atoms with Crippen molar-refractivity contribution in [1.82, 2.24) is 10.2 Å². The number of carbonyl (C=O) groups excluding carboxylic acids is 3. The van der Waals surface area contributed by atoms with Gasteiger partial charge in [0.2, 0.25) is 17.7 Å². The van der Waals surface area contributed by atoms with E-state index >= 15 is 0 Å². The van der Waals surface area contributed by atoms with E-state index < -0.39 is 35.6 Å². The van der Waals surface area contributed by atoms with Crippen molar-refractivity contribution < 1.29 is 24.2 Å². The van der Waals surface area contributed by atoms with Gasteiger partial charge in [-0.15, -0.1) is 0 Å². The number of hydrogen-bond donors (Lipinski definition) is 3. The lowest BCUT2D eigenvalue weighted by Gasteiger charge is -2.38. The zero-order chi connectivity index (χ0) is 23.2. The molecule has 0 saturated carbocycles. The highest BCUT2D eigenvalue weighted by Crippen LogP contribution is 2.59. The Morgan fingerprint density at radius 2 is 1.88 bits per heavy atom. The minimum atomic E-state index is -1.05. The number of likely N-dealkylation sites (tertiary alicyclic amines) is 1. The van der Waals surface area contributed by atoms with Crippen LogP contribution in [0.25, 0.3) is 0 Å². The molecule has 0 aliphatic carbocycles. The van der Waals surface area contributed by atoms with Gasteiger partial charge in [0.05, 0.1) is 30.6 Å². The Bertz CT molecular complexity index is 889. The first kappa shape index (κ1) is 22.7. The Hall–Kier alpha value is -2.45. The van der Waals surface area contributed by atoms with Crippen molar-refractivity contribution in [1.29, 1.82) is 0 Å². The van der Waals surface area contributed by atoms with Crippen LogP contribution in [-0.2, 0) is 19.1 Å². The number of rotatable bonds is 7. The zero-order valence-electron chi connectivity index (χ0n) is 19.1. The molecule has 32 heavy (non-hydrogen) atoms. The molecule has 3 aliphatic rings. The molecule has 3 N–H and O–H groups in total. The van der Waals surface area contributed by atoms with E-state index in [2.05, 4.69) is 10.6 Å². The molecule has 8 heteroatoms. The third kappa shape index (κ3) is 3.49. The van der Waals surface area contributed by atoms with Gasteiger partial charge in [-0.05, 0) is 44.7 Å². The van der Waals surface area contributed by atoms with E-state index in [4.69, 9.17) is 4.74 Å². The van der Waals surface area contributed by atoms with E-state index in [1.165, 1.54) is 4.90 Å². The standard InChI is InChI=1S/C24H33N3O5/c1-13(2)16(12-28)27-20(22(30)25-14(3)4)24-11-10-17(32-24)18(19(24)23(27)31)21(29)26-15-8-6-5-7-9-15/h5-9,13-14,16-20,28H,10-12H2,1-4H3,(H,25,30)(H,26,29)/t16-,17+,18-,19-,20?,24?/m0/s1. The average Bonchev–Trinajstić information content (AvgIpc) is 3.36. The summed E-state index contributed by atoms with van der Waals surface area (Å²) in [5.41, 5.74) is -0.400. The number of nitrogens with one attached hydrogen (secondary N) is 2. The number of nitrogens with zero attached hydrogens (tertiary/aromatic N) is 1. The SMILES string of the molecule is CC(C)NC(=O)C1N([C@@H](CO)C(C)C)C(=O)[C@@H]2[C@@H](C(=O)Nc3ccccc3)[C@H]3CCC12O3. The van der Waals surface area contributed by atoms with Crippen molar-refractivity contribution >= 4 is 23.4 Å². The fourth-order valence-corrected chi connectivity index (χ4v) is 5.78. The summed E-state index contributed by atoms with van der Waals surface area (Å²) in [6.45, 7) is 7.29. The van der Waals surface area contributed by atoms with Crippen LogP contribution in [0, 0.1) is 17.8 Å². The number of ether oxygens (including phenoxy) is 1. The molecule has 1 aromatic carbocycles. The number of benzene rings is 1. The van der Waals surface area contributed by atoms with Gasteiger partial charge in [0.15, 0.2) is 0 Å². The van der Waals surface area contributed by atoms with Crippen LogP contribution in [0.1, 0.15) is 40.5 Å². The molecule has 8 nitrogen and oxygen atoms in total. The van der Waals surface area contributed by atoms with Crippen LogP contribution in [0.4, 0.5) is 5.69 Å². The summed E-state index contributed by atoms with van der Waals surface area (Å²) in [6.07, 6.45) is 0.740. The maximum absolute atomic E-state index is 13.8. The van der Waals surface area contributed by atoms with Gasteiger partial charge in [0.1, 0.15) is 11.6 Å². The normalized spacial score (nSPS) is 31.8. The van der Waals surface area contributed by atoms with Crippen LogP contribution in [0.15, 0.2) is 30.3 Å². The number of carbonyl (C=O) groups is 3. The number of aliphatic hydroxyl groups excluding tert-OH is 1. The first-order valence-electron chi connectivity index (χ1n) is 11.5. The lowest BCUT2D eigenvalue weighted by atomic mass is 9.70. The Morgan fingerprint density at radius 1 is 1.19 bits per heavy atom. The molecular weight excluding hydrogens is 410 g/mol. The largest absolute Gasteiger partial charge is 0.394 e. The van der Waals surface area contributed by atoms with Gasteiger partial charge < -0.3 is 25.4 Å². The molecule has 3 amide bonds. The van der Waals surface area contributed by atoms with Gasteiger partial charge in [-0.25, -0.2) is 0 Å². The first-order valence-corrected chi connectivity index (χ1v) is 11.5. The highest BCUT2D eigenvalue weighted by molar-refractivity contribution is 6.02. The quantitative estimate of drug-likeness (QED) is 0.593. The summed E-state index contributed by atoms with van der Waals surface area (Å²) in [5.74, 6) is -2.34. The predicted molar refractivity (Wildman–Crippen MR) is 119 cm³/mol. The Balaban J connectivity index is 1.72. The molecular formula is C24H33N3O5. The molecule has 3 aliphatic heterocycles. The maximum Gasteiger partial charge on any atom is 0.246 e. The molecule has 0 radical (unpaired) electrons. The van der Waals surface area contributed by atoms with E-state index in [0.717, 1.165) is 0 Å². The van der Waals surface area contributed by atoms with E-state index in [-0.39, 0.29) is 36.3 Å². The summed E-state index contributed by atoms with van der Waals surface area (Å²) in [4.78, 5) is 42.0. The van der Waals surface area contributed by atoms with Crippen LogP contribution in [-0.4, -0.2) is 64.2 Å². The van der Waals surface area contributed by atoms with Crippen molar-refractivity contribution in [2.75, 3.05) is 11.9 Å². The third-order valence-corrected chi connectivity index (χ3v) is 7.08. The molecule has 1 aromatic rings. The Morgan fingerprint density at radius 3 is 2.47 bits per heavy atom.